The van der Waals surface area contributed by atoms with Crippen molar-refractivity contribution in [2.24, 2.45) is 0 Å². The highest BCUT2D eigenvalue weighted by Gasteiger charge is 2.26. The Balaban J connectivity index is 2.01. The topological polar surface area (TPSA) is 66.9 Å². The van der Waals surface area contributed by atoms with E-state index in [1.54, 1.807) is 12.0 Å². The largest absolute Gasteiger partial charge is 0.496 e. The first-order chi connectivity index (χ1) is 10.3. The second-order valence-corrected chi connectivity index (χ2v) is 7.52. The number of aryl methyl sites for hydroxylation is 1. The van der Waals surface area contributed by atoms with Crippen LogP contribution in [0.2, 0.25) is 0 Å². The molecule has 1 aromatic rings. The number of nitrogens with zero attached hydrogens (tertiary/aromatic N) is 2. The fourth-order valence-corrected chi connectivity index (χ4v) is 3.42. The Morgan fingerprint density at radius 2 is 1.86 bits per heavy atom. The average molecular weight is 326 g/mol. The molecule has 1 heterocycles. The zero-order valence-electron chi connectivity index (χ0n) is 13.2. The predicted molar refractivity (Wildman–Crippen MR) is 84.4 cm³/mol. The molecule has 1 aliphatic heterocycles. The third kappa shape index (κ3) is 3.98. The van der Waals surface area contributed by atoms with Gasteiger partial charge in [0.2, 0.25) is 15.9 Å². The number of hydrogen-bond donors (Lipinski definition) is 0. The van der Waals surface area contributed by atoms with Crippen LogP contribution in [0.1, 0.15) is 11.1 Å². The minimum Gasteiger partial charge on any atom is -0.496 e. The fourth-order valence-electron chi connectivity index (χ4n) is 2.59. The van der Waals surface area contributed by atoms with Crippen molar-refractivity contribution in [1.29, 1.82) is 0 Å². The van der Waals surface area contributed by atoms with E-state index in [0.717, 1.165) is 11.1 Å². The van der Waals surface area contributed by atoms with Gasteiger partial charge in [-0.25, -0.2) is 8.42 Å². The predicted octanol–water partition coefficient (Wildman–Crippen LogP) is 0.650. The van der Waals surface area contributed by atoms with E-state index in [-0.39, 0.29) is 12.3 Å². The second kappa shape index (κ2) is 6.66. The Morgan fingerprint density at radius 1 is 1.23 bits per heavy atom. The number of rotatable bonds is 4. The zero-order valence-corrected chi connectivity index (χ0v) is 14.0. The van der Waals surface area contributed by atoms with Crippen molar-refractivity contribution in [2.45, 2.75) is 13.3 Å². The molecule has 1 aromatic carbocycles. The number of benzene rings is 1. The van der Waals surface area contributed by atoms with Crippen LogP contribution in [0.4, 0.5) is 0 Å². The van der Waals surface area contributed by atoms with E-state index in [9.17, 15) is 13.2 Å². The van der Waals surface area contributed by atoms with E-state index in [1.165, 1.54) is 10.6 Å². The van der Waals surface area contributed by atoms with Gasteiger partial charge in [-0.1, -0.05) is 17.7 Å². The zero-order chi connectivity index (χ0) is 16.3. The molecule has 0 spiro atoms. The van der Waals surface area contributed by atoms with Crippen LogP contribution in [0.3, 0.4) is 0 Å². The number of hydrogen-bond acceptors (Lipinski definition) is 4. The van der Waals surface area contributed by atoms with Crippen molar-refractivity contribution in [1.82, 2.24) is 9.21 Å². The third-order valence-electron chi connectivity index (χ3n) is 3.84. The standard InChI is InChI=1S/C15H22N2O4S/c1-12-4-5-14(21-2)13(10-12)11-15(18)16-6-8-17(9-7-16)22(3,19)20/h4-5,10H,6-9,11H2,1-3H3. The van der Waals surface area contributed by atoms with Gasteiger partial charge in [-0.2, -0.15) is 4.31 Å². The third-order valence-corrected chi connectivity index (χ3v) is 5.14. The van der Waals surface area contributed by atoms with E-state index in [4.69, 9.17) is 4.74 Å². The number of sulfonamides is 1. The summed E-state index contributed by atoms with van der Waals surface area (Å²) in [6.45, 7) is 3.55. The van der Waals surface area contributed by atoms with Crippen LogP contribution >= 0.6 is 0 Å². The lowest BCUT2D eigenvalue weighted by Crippen LogP contribution is -2.50. The quantitative estimate of drug-likeness (QED) is 0.815. The van der Waals surface area contributed by atoms with Crippen LogP contribution in [0.5, 0.6) is 5.75 Å². The minimum atomic E-state index is -3.17. The van der Waals surface area contributed by atoms with Crippen LogP contribution in [0.25, 0.3) is 0 Å². The summed E-state index contributed by atoms with van der Waals surface area (Å²) in [6, 6.07) is 5.75. The molecule has 0 saturated carbocycles. The molecular formula is C15H22N2O4S. The Kier molecular flexibility index (Phi) is 5.08. The van der Waals surface area contributed by atoms with Crippen molar-refractivity contribution in [2.75, 3.05) is 39.5 Å². The van der Waals surface area contributed by atoms with Gasteiger partial charge in [0.1, 0.15) is 5.75 Å². The number of carbonyl (C=O) groups excluding carboxylic acids is 1. The van der Waals surface area contributed by atoms with Crippen molar-refractivity contribution in [3.8, 4) is 5.75 Å². The summed E-state index contributed by atoms with van der Waals surface area (Å²) in [5.41, 5.74) is 1.93. The molecule has 22 heavy (non-hydrogen) atoms. The second-order valence-electron chi connectivity index (χ2n) is 5.53. The lowest BCUT2D eigenvalue weighted by atomic mass is 10.1. The molecule has 0 atom stereocenters. The van der Waals surface area contributed by atoms with E-state index >= 15 is 0 Å². The van der Waals surface area contributed by atoms with Crippen LogP contribution in [0, 0.1) is 6.92 Å². The van der Waals surface area contributed by atoms with Gasteiger partial charge in [-0.05, 0) is 13.0 Å². The molecule has 2 rings (SSSR count). The molecule has 1 amide bonds. The molecule has 7 heteroatoms. The van der Waals surface area contributed by atoms with E-state index in [1.807, 2.05) is 25.1 Å². The first-order valence-corrected chi connectivity index (χ1v) is 9.02. The fraction of sp³-hybridized carbons (Fsp3) is 0.533. The van der Waals surface area contributed by atoms with Gasteiger partial charge in [0.05, 0.1) is 19.8 Å². The summed E-state index contributed by atoms with van der Waals surface area (Å²) in [5.74, 6) is 0.700. The molecule has 0 N–H and O–H groups in total. The summed E-state index contributed by atoms with van der Waals surface area (Å²) in [7, 11) is -1.59. The van der Waals surface area contributed by atoms with Gasteiger partial charge in [0, 0.05) is 31.7 Å². The van der Waals surface area contributed by atoms with E-state index in [0.29, 0.717) is 31.9 Å². The molecule has 122 valence electrons. The molecule has 0 radical (unpaired) electrons. The summed E-state index contributed by atoms with van der Waals surface area (Å²) in [4.78, 5) is 14.1. The van der Waals surface area contributed by atoms with Crippen LogP contribution in [-0.4, -0.2) is 63.1 Å². The number of methoxy groups -OCH3 is 1. The molecule has 1 aliphatic rings. The van der Waals surface area contributed by atoms with Gasteiger partial charge in [-0.3, -0.25) is 4.79 Å². The van der Waals surface area contributed by atoms with Crippen molar-refractivity contribution in [3.05, 3.63) is 29.3 Å². The minimum absolute atomic E-state index is 0.00273. The highest BCUT2D eigenvalue weighted by molar-refractivity contribution is 7.88. The maximum absolute atomic E-state index is 12.4. The monoisotopic (exact) mass is 326 g/mol. The highest BCUT2D eigenvalue weighted by Crippen LogP contribution is 2.21. The molecule has 1 fully saturated rings. The highest BCUT2D eigenvalue weighted by atomic mass is 32.2. The van der Waals surface area contributed by atoms with Gasteiger partial charge >= 0.3 is 0 Å². The van der Waals surface area contributed by atoms with E-state index < -0.39 is 10.0 Å². The Hall–Kier alpha value is -1.60. The van der Waals surface area contributed by atoms with E-state index in [2.05, 4.69) is 0 Å². The lowest BCUT2D eigenvalue weighted by molar-refractivity contribution is -0.131. The number of ether oxygens (including phenoxy) is 1. The van der Waals surface area contributed by atoms with Crippen molar-refractivity contribution >= 4 is 15.9 Å². The summed E-state index contributed by atoms with van der Waals surface area (Å²) in [5, 5.41) is 0. The molecule has 6 nitrogen and oxygen atoms in total. The van der Waals surface area contributed by atoms with Crippen molar-refractivity contribution in [3.63, 3.8) is 0 Å². The van der Waals surface area contributed by atoms with Gasteiger partial charge in [-0.15, -0.1) is 0 Å². The Labute approximate surface area is 131 Å². The van der Waals surface area contributed by atoms with Crippen LogP contribution in [0.15, 0.2) is 18.2 Å². The summed E-state index contributed by atoms with van der Waals surface area (Å²) >= 11 is 0. The number of piperazine rings is 1. The van der Waals surface area contributed by atoms with Gasteiger partial charge in [0.15, 0.2) is 0 Å². The Morgan fingerprint density at radius 3 is 2.41 bits per heavy atom. The molecule has 0 unspecified atom stereocenters. The first-order valence-electron chi connectivity index (χ1n) is 7.17. The van der Waals surface area contributed by atoms with Gasteiger partial charge in [0.25, 0.3) is 0 Å². The molecule has 0 bridgehead atoms. The molecule has 0 aromatic heterocycles. The summed E-state index contributed by atoms with van der Waals surface area (Å²) < 4.78 is 29.7. The normalized spacial score (nSPS) is 16.6. The Bertz CT molecular complexity index is 650. The maximum Gasteiger partial charge on any atom is 0.227 e. The van der Waals surface area contributed by atoms with Crippen LogP contribution < -0.4 is 4.74 Å². The SMILES string of the molecule is COc1ccc(C)cc1CC(=O)N1CCN(S(C)(=O)=O)CC1. The van der Waals surface area contributed by atoms with Crippen LogP contribution in [-0.2, 0) is 21.2 Å². The van der Waals surface area contributed by atoms with Gasteiger partial charge < -0.3 is 9.64 Å². The average Bonchev–Trinajstić information content (AvgIpc) is 2.46. The van der Waals surface area contributed by atoms with Crippen molar-refractivity contribution < 1.29 is 17.9 Å². The molecular weight excluding hydrogens is 304 g/mol. The first kappa shape index (κ1) is 16.8. The number of carbonyl (C=O) groups is 1. The maximum atomic E-state index is 12.4. The molecule has 0 aliphatic carbocycles. The number of amides is 1. The molecule has 1 saturated heterocycles. The smallest absolute Gasteiger partial charge is 0.227 e. The lowest BCUT2D eigenvalue weighted by Gasteiger charge is -2.33. The summed E-state index contributed by atoms with van der Waals surface area (Å²) in [6.07, 6.45) is 1.46.